The number of amidine groups is 1. The largest absolute Gasteiger partial charge is 0.494 e. The Balaban J connectivity index is 1.70. The van der Waals surface area contributed by atoms with E-state index < -0.39 is 0 Å². The van der Waals surface area contributed by atoms with Crippen molar-refractivity contribution in [1.29, 1.82) is 0 Å². The normalized spacial score (nSPS) is 19.5. The number of fused-ring (bicyclic) bond motifs is 1. The Bertz CT molecular complexity index is 822. The zero-order valence-corrected chi connectivity index (χ0v) is 15.6. The third kappa shape index (κ3) is 3.16. The molecule has 4 rings (SSSR count). The summed E-state index contributed by atoms with van der Waals surface area (Å²) in [5.74, 6) is 1.90. The second-order valence-electron chi connectivity index (χ2n) is 7.43. The molecule has 0 saturated heterocycles. The van der Waals surface area contributed by atoms with Gasteiger partial charge >= 0.3 is 0 Å². The van der Waals surface area contributed by atoms with Gasteiger partial charge in [-0.25, -0.2) is 0 Å². The van der Waals surface area contributed by atoms with Gasteiger partial charge < -0.3 is 15.4 Å². The van der Waals surface area contributed by atoms with E-state index in [9.17, 15) is 0 Å². The van der Waals surface area contributed by atoms with Gasteiger partial charge in [-0.3, -0.25) is 4.99 Å². The number of methoxy groups -OCH3 is 1. The second-order valence-corrected chi connectivity index (χ2v) is 7.43. The summed E-state index contributed by atoms with van der Waals surface area (Å²) in [5.41, 5.74) is 4.55. The van der Waals surface area contributed by atoms with Gasteiger partial charge in [0.2, 0.25) is 0 Å². The van der Waals surface area contributed by atoms with Gasteiger partial charge in [-0.2, -0.15) is 0 Å². The Hall–Kier alpha value is -2.49. The highest BCUT2D eigenvalue weighted by Gasteiger charge is 2.41. The molecule has 0 bridgehead atoms. The van der Waals surface area contributed by atoms with Gasteiger partial charge in [0.25, 0.3) is 0 Å². The van der Waals surface area contributed by atoms with Gasteiger partial charge in [-0.1, -0.05) is 55.2 Å². The highest BCUT2D eigenvalue weighted by Crippen LogP contribution is 2.43. The van der Waals surface area contributed by atoms with E-state index in [1.807, 2.05) is 12.1 Å². The van der Waals surface area contributed by atoms with Gasteiger partial charge in [-0.15, -0.1) is 0 Å². The molecule has 2 aromatic carbocycles. The van der Waals surface area contributed by atoms with Crippen LogP contribution in [0.15, 0.2) is 47.5 Å². The summed E-state index contributed by atoms with van der Waals surface area (Å²) >= 11 is 0. The van der Waals surface area contributed by atoms with Crippen molar-refractivity contribution in [2.24, 2.45) is 4.99 Å². The van der Waals surface area contributed by atoms with Crippen molar-refractivity contribution in [3.63, 3.8) is 0 Å². The van der Waals surface area contributed by atoms with Crippen LogP contribution < -0.4 is 15.4 Å². The van der Waals surface area contributed by atoms with E-state index >= 15 is 0 Å². The number of anilines is 2. The van der Waals surface area contributed by atoms with E-state index in [0.717, 1.165) is 35.8 Å². The summed E-state index contributed by atoms with van der Waals surface area (Å²) in [7, 11) is 1.71. The van der Waals surface area contributed by atoms with Crippen LogP contribution in [0.4, 0.5) is 11.4 Å². The number of aryl methyl sites for hydroxylation is 1. The maximum absolute atomic E-state index is 5.56. The quantitative estimate of drug-likeness (QED) is 0.806. The van der Waals surface area contributed by atoms with Gasteiger partial charge in [0.1, 0.15) is 17.3 Å². The molecule has 1 heterocycles. The maximum Gasteiger partial charge on any atom is 0.144 e. The number of hydrogen-bond acceptors (Lipinski definition) is 3. The van der Waals surface area contributed by atoms with E-state index in [-0.39, 0.29) is 5.54 Å². The van der Waals surface area contributed by atoms with Crippen molar-refractivity contribution in [3.8, 4) is 5.75 Å². The fraction of sp³-hybridized carbons (Fsp3) is 0.409. The first-order valence-electron chi connectivity index (χ1n) is 9.53. The molecule has 0 atom stereocenters. The lowest BCUT2D eigenvalue weighted by Crippen LogP contribution is -2.53. The summed E-state index contributed by atoms with van der Waals surface area (Å²) in [6.07, 6.45) is 6.00. The number of benzene rings is 2. The molecule has 2 N–H and O–H groups in total. The minimum absolute atomic E-state index is 0.0819. The van der Waals surface area contributed by atoms with Gasteiger partial charge in [0.15, 0.2) is 0 Å². The van der Waals surface area contributed by atoms with Crippen LogP contribution in [-0.4, -0.2) is 18.5 Å². The van der Waals surface area contributed by atoms with Crippen LogP contribution in [0.2, 0.25) is 0 Å². The van der Waals surface area contributed by atoms with Crippen LogP contribution in [0.1, 0.15) is 43.2 Å². The van der Waals surface area contributed by atoms with Gasteiger partial charge in [-0.05, 0) is 37.5 Å². The number of rotatable bonds is 3. The molecule has 136 valence electrons. The molecule has 26 heavy (non-hydrogen) atoms. The Morgan fingerprint density at radius 1 is 1.08 bits per heavy atom. The fourth-order valence-corrected chi connectivity index (χ4v) is 4.18. The third-order valence-corrected chi connectivity index (χ3v) is 5.53. The summed E-state index contributed by atoms with van der Waals surface area (Å²) in [6.45, 7) is 2.82. The highest BCUT2D eigenvalue weighted by molar-refractivity contribution is 6.10. The average Bonchev–Trinajstić information content (AvgIpc) is 2.66. The first-order valence-corrected chi connectivity index (χ1v) is 9.53. The number of ether oxygens (including phenoxy) is 1. The molecule has 1 aliphatic heterocycles. The molecule has 0 radical (unpaired) electrons. The molecular formula is C22H27N3O. The van der Waals surface area contributed by atoms with E-state index in [0.29, 0.717) is 6.54 Å². The Morgan fingerprint density at radius 2 is 1.88 bits per heavy atom. The molecule has 4 heteroatoms. The molecule has 0 unspecified atom stereocenters. The minimum Gasteiger partial charge on any atom is -0.494 e. The third-order valence-electron chi connectivity index (χ3n) is 5.53. The zero-order chi connectivity index (χ0) is 18.0. The first-order chi connectivity index (χ1) is 12.7. The van der Waals surface area contributed by atoms with E-state index in [1.165, 1.54) is 30.4 Å². The fourth-order valence-electron chi connectivity index (χ4n) is 4.18. The molecule has 0 amide bonds. The van der Waals surface area contributed by atoms with E-state index in [2.05, 4.69) is 47.9 Å². The lowest BCUT2D eigenvalue weighted by molar-refractivity contribution is 0.399. The monoisotopic (exact) mass is 349 g/mol. The van der Waals surface area contributed by atoms with Crippen LogP contribution in [0.25, 0.3) is 0 Å². The standard InChI is InChI=1S/C22H27N3O/c1-16-8-6-9-17(14-16)15-23-21-22(12-4-3-5-13-22)25-18-10-7-11-19(26-2)20(18)24-21/h6-11,14,25H,3-5,12-13,15H2,1-2H3,(H,23,24). The van der Waals surface area contributed by atoms with Crippen molar-refractivity contribution in [2.45, 2.75) is 51.1 Å². The molecule has 4 nitrogen and oxygen atoms in total. The topological polar surface area (TPSA) is 45.6 Å². The molecule has 0 aromatic heterocycles. The first kappa shape index (κ1) is 17.0. The van der Waals surface area contributed by atoms with E-state index in [4.69, 9.17) is 9.73 Å². The number of aliphatic imine (C=N–C) groups is 1. The number of para-hydroxylation sites is 1. The molecule has 1 spiro atoms. The van der Waals surface area contributed by atoms with Crippen molar-refractivity contribution in [1.82, 2.24) is 0 Å². The van der Waals surface area contributed by atoms with Crippen LogP contribution in [0.3, 0.4) is 0 Å². The molecular weight excluding hydrogens is 322 g/mol. The van der Waals surface area contributed by atoms with E-state index in [1.54, 1.807) is 7.11 Å². The van der Waals surface area contributed by atoms with Crippen molar-refractivity contribution in [2.75, 3.05) is 17.7 Å². The summed E-state index contributed by atoms with van der Waals surface area (Å²) < 4.78 is 5.56. The molecule has 2 aromatic rings. The maximum atomic E-state index is 5.56. The smallest absolute Gasteiger partial charge is 0.144 e. The lowest BCUT2D eigenvalue weighted by atomic mass is 9.79. The highest BCUT2D eigenvalue weighted by atomic mass is 16.5. The molecule has 1 saturated carbocycles. The minimum atomic E-state index is -0.0819. The van der Waals surface area contributed by atoms with Gasteiger partial charge in [0.05, 0.1) is 24.9 Å². The average molecular weight is 349 g/mol. The summed E-state index contributed by atoms with van der Waals surface area (Å²) in [4.78, 5) is 5.03. The number of hydrogen-bond donors (Lipinski definition) is 2. The zero-order valence-electron chi connectivity index (χ0n) is 15.6. The van der Waals surface area contributed by atoms with Crippen LogP contribution in [0.5, 0.6) is 5.75 Å². The van der Waals surface area contributed by atoms with Crippen molar-refractivity contribution >= 4 is 17.2 Å². The Kier molecular flexibility index (Phi) is 4.58. The van der Waals surface area contributed by atoms with Crippen LogP contribution in [-0.2, 0) is 6.54 Å². The number of nitrogens with zero attached hydrogens (tertiary/aromatic N) is 1. The Morgan fingerprint density at radius 3 is 2.65 bits per heavy atom. The predicted octanol–water partition coefficient (Wildman–Crippen LogP) is 5.14. The molecule has 1 fully saturated rings. The molecule has 1 aliphatic carbocycles. The van der Waals surface area contributed by atoms with Crippen molar-refractivity contribution < 1.29 is 4.74 Å². The predicted molar refractivity (Wildman–Crippen MR) is 108 cm³/mol. The van der Waals surface area contributed by atoms with Crippen LogP contribution in [0, 0.1) is 6.92 Å². The summed E-state index contributed by atoms with van der Waals surface area (Å²) in [6, 6.07) is 14.7. The van der Waals surface area contributed by atoms with Gasteiger partial charge in [0, 0.05) is 0 Å². The Labute approximate surface area is 155 Å². The molecule has 2 aliphatic rings. The summed E-state index contributed by atoms with van der Waals surface area (Å²) in [5, 5.41) is 7.44. The number of nitrogens with one attached hydrogen (secondary N) is 2. The second kappa shape index (κ2) is 7.02. The van der Waals surface area contributed by atoms with Crippen molar-refractivity contribution in [3.05, 3.63) is 53.6 Å². The van der Waals surface area contributed by atoms with Crippen LogP contribution >= 0.6 is 0 Å². The SMILES string of the molecule is COc1cccc2c1NC(=NCc1cccc(C)c1)C1(CCCCC1)N2. The lowest BCUT2D eigenvalue weighted by Gasteiger charge is -2.44.